The van der Waals surface area contributed by atoms with Crippen molar-refractivity contribution in [3.63, 3.8) is 0 Å². The zero-order valence-corrected chi connectivity index (χ0v) is 19.5. The molecule has 32 heavy (non-hydrogen) atoms. The van der Waals surface area contributed by atoms with E-state index in [-0.39, 0.29) is 6.79 Å². The largest absolute Gasteiger partial charge is 0.493 e. The smallest absolute Gasteiger partial charge is 0.204 e. The number of ether oxygens (including phenoxy) is 3. The summed E-state index contributed by atoms with van der Waals surface area (Å²) in [5, 5.41) is 16.3. The fourth-order valence-corrected chi connectivity index (χ4v) is 3.41. The number of rotatable bonds is 14. The molecule has 0 saturated heterocycles. The van der Waals surface area contributed by atoms with Crippen molar-refractivity contribution in [2.24, 2.45) is 7.05 Å². The van der Waals surface area contributed by atoms with E-state index < -0.39 is 0 Å². The topological polar surface area (TPSA) is 97.3 Å². The molecule has 0 fully saturated rings. The van der Waals surface area contributed by atoms with Gasteiger partial charge in [-0.1, -0.05) is 12.1 Å². The van der Waals surface area contributed by atoms with Crippen molar-refractivity contribution in [2.75, 3.05) is 20.0 Å². The molecule has 9 heteroatoms. The van der Waals surface area contributed by atoms with Gasteiger partial charge >= 0.3 is 0 Å². The van der Waals surface area contributed by atoms with E-state index in [4.69, 9.17) is 18.7 Å². The van der Waals surface area contributed by atoms with Crippen LogP contribution in [0.15, 0.2) is 22.7 Å². The zero-order valence-electron chi connectivity index (χ0n) is 19.5. The first-order valence-corrected chi connectivity index (χ1v) is 11.1. The third-order valence-corrected chi connectivity index (χ3v) is 4.91. The third-order valence-electron chi connectivity index (χ3n) is 4.91. The van der Waals surface area contributed by atoms with Crippen LogP contribution in [0.2, 0.25) is 0 Å². The van der Waals surface area contributed by atoms with Gasteiger partial charge in [0, 0.05) is 24.7 Å². The van der Waals surface area contributed by atoms with E-state index >= 15 is 0 Å². The van der Waals surface area contributed by atoms with Crippen molar-refractivity contribution in [1.29, 1.82) is 0 Å². The molecule has 0 radical (unpaired) electrons. The molecule has 0 atom stereocenters. The molecule has 0 bridgehead atoms. The lowest BCUT2D eigenvalue weighted by molar-refractivity contribution is -0.0625. The predicted octanol–water partition coefficient (Wildman–Crippen LogP) is 4.17. The minimum absolute atomic E-state index is 0.287. The summed E-state index contributed by atoms with van der Waals surface area (Å²) in [5.41, 5.74) is 3.90. The molecule has 9 nitrogen and oxygen atoms in total. The van der Waals surface area contributed by atoms with Crippen LogP contribution in [0.3, 0.4) is 0 Å². The van der Waals surface area contributed by atoms with Crippen molar-refractivity contribution in [1.82, 2.24) is 25.4 Å². The third kappa shape index (κ3) is 7.13. The van der Waals surface area contributed by atoms with E-state index in [9.17, 15) is 0 Å². The molecule has 2 heterocycles. The van der Waals surface area contributed by atoms with Crippen molar-refractivity contribution in [2.45, 2.75) is 59.5 Å². The standard InChI is InChI=1S/C23H33N5O4/c1-5-10-29-16-30-15-20-14-21(32-26-20)9-7-6-8-11-31-22-17(2)12-19(13-18(22)3)23-24-27-28(4)25-23/h12-14H,5-11,15-16H2,1-4H3. The van der Waals surface area contributed by atoms with Gasteiger partial charge in [0.05, 0.1) is 20.3 Å². The van der Waals surface area contributed by atoms with Crippen LogP contribution < -0.4 is 4.74 Å². The Morgan fingerprint density at radius 3 is 2.53 bits per heavy atom. The summed E-state index contributed by atoms with van der Waals surface area (Å²) in [6, 6.07) is 6.04. The number of nitrogens with zero attached hydrogens (tertiary/aromatic N) is 5. The van der Waals surface area contributed by atoms with Crippen molar-refractivity contribution < 1.29 is 18.7 Å². The Balaban J connectivity index is 1.35. The maximum Gasteiger partial charge on any atom is 0.204 e. The highest BCUT2D eigenvalue weighted by atomic mass is 16.7. The molecule has 0 aliphatic rings. The molecule has 0 aliphatic heterocycles. The van der Waals surface area contributed by atoms with Gasteiger partial charge in [-0.2, -0.15) is 4.80 Å². The number of benzene rings is 1. The lowest BCUT2D eigenvalue weighted by Crippen LogP contribution is -2.02. The quantitative estimate of drug-likeness (QED) is 0.270. The maximum atomic E-state index is 6.07. The van der Waals surface area contributed by atoms with Gasteiger partial charge < -0.3 is 18.7 Å². The second-order valence-corrected chi connectivity index (χ2v) is 7.86. The average Bonchev–Trinajstić information content (AvgIpc) is 3.41. The van der Waals surface area contributed by atoms with Crippen LogP contribution >= 0.6 is 0 Å². The van der Waals surface area contributed by atoms with E-state index in [1.165, 1.54) is 4.80 Å². The Hall–Kier alpha value is -2.78. The van der Waals surface area contributed by atoms with E-state index in [1.54, 1.807) is 7.05 Å². The van der Waals surface area contributed by atoms with Crippen molar-refractivity contribution in [3.8, 4) is 17.1 Å². The number of aromatic nitrogens is 5. The monoisotopic (exact) mass is 443 g/mol. The van der Waals surface area contributed by atoms with Crippen LogP contribution in [0.5, 0.6) is 5.75 Å². The van der Waals surface area contributed by atoms with Crippen LogP contribution in [0.1, 0.15) is 55.2 Å². The molecule has 3 aromatic rings. The maximum absolute atomic E-state index is 6.07. The van der Waals surface area contributed by atoms with Crippen LogP contribution in [-0.2, 0) is 29.5 Å². The van der Waals surface area contributed by atoms with Crippen LogP contribution in [0, 0.1) is 13.8 Å². The first-order chi connectivity index (χ1) is 15.6. The average molecular weight is 444 g/mol. The van der Waals surface area contributed by atoms with Gasteiger partial charge in [0.15, 0.2) is 0 Å². The van der Waals surface area contributed by atoms with Gasteiger partial charge in [-0.3, -0.25) is 0 Å². The summed E-state index contributed by atoms with van der Waals surface area (Å²) in [7, 11) is 1.76. The molecule has 0 aliphatic carbocycles. The number of aryl methyl sites for hydroxylation is 4. The second kappa shape index (κ2) is 12.3. The summed E-state index contributed by atoms with van der Waals surface area (Å²) in [5.74, 6) is 2.44. The molecule has 3 rings (SSSR count). The summed E-state index contributed by atoms with van der Waals surface area (Å²) in [6.45, 7) is 8.23. The summed E-state index contributed by atoms with van der Waals surface area (Å²) < 4.78 is 22.1. The molecule has 2 aromatic heterocycles. The highest BCUT2D eigenvalue weighted by molar-refractivity contribution is 5.60. The highest BCUT2D eigenvalue weighted by Crippen LogP contribution is 2.28. The van der Waals surface area contributed by atoms with E-state index in [1.807, 2.05) is 32.0 Å². The highest BCUT2D eigenvalue weighted by Gasteiger charge is 2.11. The normalized spacial score (nSPS) is 11.2. The molecular formula is C23H33N5O4. The summed E-state index contributed by atoms with van der Waals surface area (Å²) >= 11 is 0. The predicted molar refractivity (Wildman–Crippen MR) is 119 cm³/mol. The van der Waals surface area contributed by atoms with Crippen LogP contribution in [0.25, 0.3) is 11.4 Å². The zero-order chi connectivity index (χ0) is 22.8. The molecule has 0 amide bonds. The number of hydrogen-bond acceptors (Lipinski definition) is 8. The fourth-order valence-electron chi connectivity index (χ4n) is 3.41. The van der Waals surface area contributed by atoms with Gasteiger partial charge in [0.2, 0.25) is 5.82 Å². The molecular weight excluding hydrogens is 410 g/mol. The Kier molecular flexibility index (Phi) is 9.18. The lowest BCUT2D eigenvalue weighted by Gasteiger charge is -2.13. The Labute approximate surface area is 189 Å². The summed E-state index contributed by atoms with van der Waals surface area (Å²) in [6.07, 6.45) is 4.89. The molecule has 1 aromatic carbocycles. The van der Waals surface area contributed by atoms with Gasteiger partial charge in [0.1, 0.15) is 24.0 Å². The number of unbranched alkanes of at least 4 members (excludes halogenated alkanes) is 2. The van der Waals surface area contributed by atoms with Crippen molar-refractivity contribution in [3.05, 3.63) is 40.8 Å². The fraction of sp³-hybridized carbons (Fsp3) is 0.565. The molecule has 0 unspecified atom stereocenters. The minimum Gasteiger partial charge on any atom is -0.493 e. The van der Waals surface area contributed by atoms with Gasteiger partial charge in [-0.25, -0.2) is 0 Å². The second-order valence-electron chi connectivity index (χ2n) is 7.86. The minimum atomic E-state index is 0.287. The van der Waals surface area contributed by atoms with E-state index in [0.29, 0.717) is 25.6 Å². The van der Waals surface area contributed by atoms with Crippen LogP contribution in [0.4, 0.5) is 0 Å². The Morgan fingerprint density at radius 2 is 1.81 bits per heavy atom. The van der Waals surface area contributed by atoms with Crippen molar-refractivity contribution >= 4 is 0 Å². The Bertz CT molecular complexity index is 946. The van der Waals surface area contributed by atoms with E-state index in [2.05, 4.69) is 27.5 Å². The molecule has 0 N–H and O–H groups in total. The van der Waals surface area contributed by atoms with Gasteiger partial charge in [0.25, 0.3) is 0 Å². The number of hydrogen-bond donors (Lipinski definition) is 0. The lowest BCUT2D eigenvalue weighted by atomic mass is 10.1. The van der Waals surface area contributed by atoms with E-state index in [0.717, 1.165) is 66.0 Å². The van der Waals surface area contributed by atoms with Crippen LogP contribution in [-0.4, -0.2) is 45.4 Å². The Morgan fingerprint density at radius 1 is 1.00 bits per heavy atom. The molecule has 0 saturated carbocycles. The first-order valence-electron chi connectivity index (χ1n) is 11.1. The number of tetrazole rings is 1. The van der Waals surface area contributed by atoms with Gasteiger partial charge in [-0.15, -0.1) is 10.2 Å². The first kappa shape index (κ1) is 23.9. The SMILES string of the molecule is CCCOCOCc1cc(CCCCCOc2c(C)cc(-c3nnn(C)n3)cc2C)on1. The molecule has 174 valence electrons. The molecule has 0 spiro atoms. The summed E-state index contributed by atoms with van der Waals surface area (Å²) in [4.78, 5) is 1.46. The van der Waals surface area contributed by atoms with Gasteiger partial charge in [-0.05, 0) is 68.0 Å².